The smallest absolute Gasteiger partial charge is 0.130 e. The molecule has 2 heterocycles. The van der Waals surface area contributed by atoms with Crippen molar-refractivity contribution in [1.82, 2.24) is 14.8 Å². The van der Waals surface area contributed by atoms with Crippen molar-refractivity contribution in [2.24, 2.45) is 0 Å². The fourth-order valence-corrected chi connectivity index (χ4v) is 5.11. The van der Waals surface area contributed by atoms with E-state index in [0.29, 0.717) is 12.3 Å². The van der Waals surface area contributed by atoms with E-state index in [1.807, 2.05) is 36.4 Å². The molecule has 1 aromatic heterocycles. The van der Waals surface area contributed by atoms with Crippen LogP contribution in [0.25, 0.3) is 21.8 Å². The zero-order chi connectivity index (χ0) is 25.8. The minimum atomic E-state index is -0.575. The molecular weight excluding hydrogens is 470 g/mol. The van der Waals surface area contributed by atoms with Gasteiger partial charge in [-0.05, 0) is 18.2 Å². The SMILES string of the molecule is COc1cc(OC)c(CN2CCN(CC(O)COc3cccc4[nH]c5ccccc5c34)CC2)c(OC)c1. The normalized spacial score (nSPS) is 15.7. The molecule has 0 bridgehead atoms. The maximum Gasteiger partial charge on any atom is 0.130 e. The first-order valence-electron chi connectivity index (χ1n) is 12.6. The van der Waals surface area contributed by atoms with Crippen LogP contribution in [0.1, 0.15) is 5.56 Å². The lowest BCUT2D eigenvalue weighted by Gasteiger charge is -2.36. The van der Waals surface area contributed by atoms with Gasteiger partial charge in [0, 0.05) is 67.7 Å². The Morgan fingerprint density at radius 1 is 0.811 bits per heavy atom. The number of aromatic amines is 1. The third kappa shape index (κ3) is 5.46. The van der Waals surface area contributed by atoms with E-state index in [1.165, 1.54) is 0 Å². The van der Waals surface area contributed by atoms with Crippen molar-refractivity contribution in [2.75, 3.05) is 60.7 Å². The highest BCUT2D eigenvalue weighted by Gasteiger charge is 2.23. The van der Waals surface area contributed by atoms with Gasteiger partial charge in [0.05, 0.1) is 32.4 Å². The van der Waals surface area contributed by atoms with E-state index < -0.39 is 6.10 Å². The summed E-state index contributed by atoms with van der Waals surface area (Å²) in [6, 6.07) is 18.0. The topological polar surface area (TPSA) is 79.4 Å². The second-order valence-corrected chi connectivity index (χ2v) is 9.40. The van der Waals surface area contributed by atoms with Crippen molar-refractivity contribution >= 4 is 21.8 Å². The number of hydrogen-bond donors (Lipinski definition) is 2. The molecule has 2 N–H and O–H groups in total. The first kappa shape index (κ1) is 25.2. The Bertz CT molecular complexity index is 1320. The second-order valence-electron chi connectivity index (χ2n) is 9.40. The summed E-state index contributed by atoms with van der Waals surface area (Å²) in [6.07, 6.45) is -0.575. The van der Waals surface area contributed by atoms with Crippen LogP contribution < -0.4 is 18.9 Å². The molecule has 4 aromatic rings. The van der Waals surface area contributed by atoms with E-state index in [0.717, 1.165) is 77.3 Å². The van der Waals surface area contributed by atoms with Crippen molar-refractivity contribution in [2.45, 2.75) is 12.6 Å². The molecule has 8 heteroatoms. The van der Waals surface area contributed by atoms with E-state index in [2.05, 4.69) is 33.0 Å². The number of methoxy groups -OCH3 is 3. The highest BCUT2D eigenvalue weighted by Crippen LogP contribution is 2.35. The van der Waals surface area contributed by atoms with Gasteiger partial charge in [0.2, 0.25) is 0 Å². The van der Waals surface area contributed by atoms with Crippen molar-refractivity contribution in [3.63, 3.8) is 0 Å². The number of para-hydroxylation sites is 1. The lowest BCUT2D eigenvalue weighted by atomic mass is 10.1. The molecule has 0 aliphatic carbocycles. The number of piperazine rings is 1. The Labute approximate surface area is 217 Å². The zero-order valence-electron chi connectivity index (χ0n) is 21.7. The Morgan fingerprint density at radius 3 is 2.19 bits per heavy atom. The number of aromatic nitrogens is 1. The molecule has 3 aromatic carbocycles. The van der Waals surface area contributed by atoms with Gasteiger partial charge in [-0.2, -0.15) is 0 Å². The van der Waals surface area contributed by atoms with Crippen LogP contribution in [-0.4, -0.2) is 86.7 Å². The summed E-state index contributed by atoms with van der Waals surface area (Å²) in [7, 11) is 4.96. The Balaban J connectivity index is 1.15. The standard InChI is InChI=1S/C29H35N3O5/c1-34-21-15-27(35-2)23(28(16-21)36-3)18-32-13-11-31(12-14-32)17-20(33)19-37-26-10-6-9-25-29(26)22-7-4-5-8-24(22)30-25/h4-10,15-16,20,30,33H,11-14,17-19H2,1-3H3. The van der Waals surface area contributed by atoms with Crippen molar-refractivity contribution in [3.8, 4) is 23.0 Å². The fraction of sp³-hybridized carbons (Fsp3) is 0.379. The number of nitrogens with zero attached hydrogens (tertiary/aromatic N) is 2. The molecule has 1 atom stereocenters. The van der Waals surface area contributed by atoms with Gasteiger partial charge in [-0.3, -0.25) is 9.80 Å². The number of aliphatic hydroxyl groups excluding tert-OH is 1. The van der Waals surface area contributed by atoms with Crippen LogP contribution in [0.5, 0.6) is 23.0 Å². The van der Waals surface area contributed by atoms with E-state index in [-0.39, 0.29) is 6.61 Å². The van der Waals surface area contributed by atoms with Crippen LogP contribution in [0, 0.1) is 0 Å². The number of rotatable bonds is 10. The molecule has 0 spiro atoms. The van der Waals surface area contributed by atoms with Crippen LogP contribution in [0.2, 0.25) is 0 Å². The number of ether oxygens (including phenoxy) is 4. The molecule has 1 saturated heterocycles. The van der Waals surface area contributed by atoms with E-state index >= 15 is 0 Å². The second kappa shape index (κ2) is 11.3. The molecule has 0 amide bonds. The van der Waals surface area contributed by atoms with Gasteiger partial charge in [0.15, 0.2) is 0 Å². The average Bonchev–Trinajstić information content (AvgIpc) is 3.32. The molecule has 0 saturated carbocycles. The first-order chi connectivity index (χ1) is 18.1. The molecule has 8 nitrogen and oxygen atoms in total. The molecule has 1 fully saturated rings. The van der Waals surface area contributed by atoms with Crippen LogP contribution in [-0.2, 0) is 6.54 Å². The van der Waals surface area contributed by atoms with Crippen molar-refractivity contribution < 1.29 is 24.1 Å². The first-order valence-corrected chi connectivity index (χ1v) is 12.6. The molecule has 0 radical (unpaired) electrons. The molecule has 1 aliphatic heterocycles. The monoisotopic (exact) mass is 505 g/mol. The quantitative estimate of drug-likeness (QED) is 0.338. The maximum absolute atomic E-state index is 10.8. The summed E-state index contributed by atoms with van der Waals surface area (Å²) in [5, 5.41) is 12.9. The summed E-state index contributed by atoms with van der Waals surface area (Å²) >= 11 is 0. The van der Waals surface area contributed by atoms with Crippen LogP contribution >= 0.6 is 0 Å². The third-order valence-electron chi connectivity index (χ3n) is 7.06. The Hall–Kier alpha value is -3.46. The maximum atomic E-state index is 10.8. The average molecular weight is 506 g/mol. The molecule has 196 valence electrons. The number of aliphatic hydroxyl groups is 1. The highest BCUT2D eigenvalue weighted by molar-refractivity contribution is 6.10. The van der Waals surface area contributed by atoms with Gasteiger partial charge in [0.1, 0.15) is 35.7 Å². The molecule has 1 aliphatic rings. The van der Waals surface area contributed by atoms with Crippen LogP contribution in [0.4, 0.5) is 0 Å². The lowest BCUT2D eigenvalue weighted by molar-refractivity contribution is 0.0447. The molecular formula is C29H35N3O5. The predicted octanol–water partition coefficient (Wildman–Crippen LogP) is 3.90. The number of H-pyrrole nitrogens is 1. The number of benzene rings is 3. The fourth-order valence-electron chi connectivity index (χ4n) is 5.11. The van der Waals surface area contributed by atoms with Gasteiger partial charge in [-0.1, -0.05) is 24.3 Å². The number of nitrogens with one attached hydrogen (secondary N) is 1. The lowest BCUT2D eigenvalue weighted by Crippen LogP contribution is -2.48. The highest BCUT2D eigenvalue weighted by atomic mass is 16.5. The number of hydrogen-bond acceptors (Lipinski definition) is 7. The minimum absolute atomic E-state index is 0.249. The molecule has 1 unspecified atom stereocenters. The predicted molar refractivity (Wildman–Crippen MR) is 145 cm³/mol. The van der Waals surface area contributed by atoms with Gasteiger partial charge in [-0.15, -0.1) is 0 Å². The Morgan fingerprint density at radius 2 is 1.49 bits per heavy atom. The zero-order valence-corrected chi connectivity index (χ0v) is 21.7. The molecule has 5 rings (SSSR count). The summed E-state index contributed by atoms with van der Waals surface area (Å²) in [5.41, 5.74) is 3.13. The summed E-state index contributed by atoms with van der Waals surface area (Å²) < 4.78 is 22.7. The third-order valence-corrected chi connectivity index (χ3v) is 7.06. The summed E-state index contributed by atoms with van der Waals surface area (Å²) in [4.78, 5) is 8.11. The van der Waals surface area contributed by atoms with E-state index in [1.54, 1.807) is 21.3 Å². The minimum Gasteiger partial charge on any atom is -0.496 e. The van der Waals surface area contributed by atoms with Crippen molar-refractivity contribution in [1.29, 1.82) is 0 Å². The van der Waals surface area contributed by atoms with Gasteiger partial charge in [-0.25, -0.2) is 0 Å². The summed E-state index contributed by atoms with van der Waals surface area (Å²) in [5.74, 6) is 3.02. The van der Waals surface area contributed by atoms with E-state index in [9.17, 15) is 5.11 Å². The largest absolute Gasteiger partial charge is 0.496 e. The number of fused-ring (bicyclic) bond motifs is 3. The van der Waals surface area contributed by atoms with Gasteiger partial charge < -0.3 is 29.0 Å². The van der Waals surface area contributed by atoms with E-state index in [4.69, 9.17) is 18.9 Å². The van der Waals surface area contributed by atoms with Crippen LogP contribution in [0.15, 0.2) is 54.6 Å². The molecule has 37 heavy (non-hydrogen) atoms. The number of β-amino-alcohol motifs (C(OH)–C–C–N with tert-alkyl or cyclic N) is 1. The van der Waals surface area contributed by atoms with Gasteiger partial charge in [0.25, 0.3) is 0 Å². The Kier molecular flexibility index (Phi) is 7.69. The van der Waals surface area contributed by atoms with Crippen molar-refractivity contribution in [3.05, 3.63) is 60.2 Å². The van der Waals surface area contributed by atoms with Crippen LogP contribution in [0.3, 0.4) is 0 Å². The summed E-state index contributed by atoms with van der Waals surface area (Å²) in [6.45, 7) is 5.07. The van der Waals surface area contributed by atoms with Gasteiger partial charge >= 0.3 is 0 Å².